The van der Waals surface area contributed by atoms with Gasteiger partial charge in [-0.1, -0.05) is 12.1 Å². The maximum atomic E-state index is 12.8. The summed E-state index contributed by atoms with van der Waals surface area (Å²) in [6, 6.07) is 9.04. The van der Waals surface area contributed by atoms with Crippen molar-refractivity contribution in [3.05, 3.63) is 47.9 Å². The zero-order valence-corrected chi connectivity index (χ0v) is 13.9. The first kappa shape index (κ1) is 16.2. The van der Waals surface area contributed by atoms with Gasteiger partial charge in [0.25, 0.3) is 5.91 Å². The molecule has 1 aliphatic heterocycles. The number of amides is 1. The number of aryl methyl sites for hydroxylation is 1. The van der Waals surface area contributed by atoms with Crippen LogP contribution in [0.15, 0.2) is 36.5 Å². The van der Waals surface area contributed by atoms with Crippen LogP contribution in [0.5, 0.6) is 11.6 Å². The number of likely N-dealkylation sites (tertiary alicyclic amines) is 1. The fourth-order valence-corrected chi connectivity index (χ4v) is 2.88. The second kappa shape index (κ2) is 7.29. The fourth-order valence-electron chi connectivity index (χ4n) is 2.88. The van der Waals surface area contributed by atoms with E-state index in [0.29, 0.717) is 29.6 Å². The summed E-state index contributed by atoms with van der Waals surface area (Å²) in [5.41, 5.74) is 0.582. The summed E-state index contributed by atoms with van der Waals surface area (Å²) >= 11 is 0. The Morgan fingerprint density at radius 3 is 2.92 bits per heavy atom. The molecule has 1 fully saturated rings. The molecular weight excluding hydrogens is 306 g/mol. The second-order valence-corrected chi connectivity index (χ2v) is 5.78. The molecule has 6 heteroatoms. The Morgan fingerprint density at radius 2 is 2.12 bits per heavy atom. The molecule has 2 aromatic rings. The number of rotatable bonds is 4. The van der Waals surface area contributed by atoms with Crippen molar-refractivity contribution in [2.75, 3.05) is 20.2 Å². The van der Waals surface area contributed by atoms with E-state index in [1.165, 1.54) is 0 Å². The first-order chi connectivity index (χ1) is 11.7. The number of carbonyl (C=O) groups is 1. The van der Waals surface area contributed by atoms with Gasteiger partial charge in [-0.25, -0.2) is 4.98 Å². The van der Waals surface area contributed by atoms with E-state index >= 15 is 0 Å². The van der Waals surface area contributed by atoms with Crippen LogP contribution in [0.25, 0.3) is 0 Å². The van der Waals surface area contributed by atoms with Gasteiger partial charge in [-0.2, -0.15) is 4.98 Å². The SMILES string of the molecule is COc1ccccc1C(=O)N1CCCC(Oc2ccnc(C)n2)C1. The molecule has 1 aromatic heterocycles. The zero-order valence-electron chi connectivity index (χ0n) is 13.9. The molecule has 0 saturated carbocycles. The molecule has 1 aromatic carbocycles. The molecule has 24 heavy (non-hydrogen) atoms. The lowest BCUT2D eigenvalue weighted by Crippen LogP contribution is -2.44. The van der Waals surface area contributed by atoms with Crippen LogP contribution in [-0.4, -0.2) is 47.1 Å². The Kier molecular flexibility index (Phi) is 4.93. The number of hydrogen-bond donors (Lipinski definition) is 0. The molecule has 0 N–H and O–H groups in total. The normalized spacial score (nSPS) is 17.4. The van der Waals surface area contributed by atoms with Crippen LogP contribution in [0.3, 0.4) is 0 Å². The molecule has 0 aliphatic carbocycles. The van der Waals surface area contributed by atoms with Crippen molar-refractivity contribution in [2.45, 2.75) is 25.9 Å². The van der Waals surface area contributed by atoms with Gasteiger partial charge < -0.3 is 14.4 Å². The highest BCUT2D eigenvalue weighted by Gasteiger charge is 2.27. The molecule has 126 valence electrons. The Labute approximate surface area is 141 Å². The average molecular weight is 327 g/mol. The van der Waals surface area contributed by atoms with E-state index in [4.69, 9.17) is 9.47 Å². The van der Waals surface area contributed by atoms with Gasteiger partial charge in [-0.3, -0.25) is 4.79 Å². The van der Waals surface area contributed by atoms with Crippen LogP contribution in [-0.2, 0) is 0 Å². The maximum Gasteiger partial charge on any atom is 0.257 e. The van der Waals surface area contributed by atoms with Gasteiger partial charge >= 0.3 is 0 Å². The number of aromatic nitrogens is 2. The van der Waals surface area contributed by atoms with Crippen LogP contribution in [0.4, 0.5) is 0 Å². The number of nitrogens with zero attached hydrogens (tertiary/aromatic N) is 3. The number of para-hydroxylation sites is 1. The van der Waals surface area contributed by atoms with Gasteiger partial charge in [0.15, 0.2) is 0 Å². The lowest BCUT2D eigenvalue weighted by atomic mass is 10.1. The van der Waals surface area contributed by atoms with Crippen molar-refractivity contribution in [2.24, 2.45) is 0 Å². The zero-order chi connectivity index (χ0) is 16.9. The maximum absolute atomic E-state index is 12.8. The first-order valence-electron chi connectivity index (χ1n) is 8.06. The Morgan fingerprint density at radius 1 is 1.29 bits per heavy atom. The fraction of sp³-hybridized carbons (Fsp3) is 0.389. The predicted molar refractivity (Wildman–Crippen MR) is 89.3 cm³/mol. The molecule has 1 unspecified atom stereocenters. The standard InChI is InChI=1S/C18H21N3O3/c1-13-19-10-9-17(20-13)24-14-6-5-11-21(12-14)18(22)15-7-3-4-8-16(15)23-2/h3-4,7-10,14H,5-6,11-12H2,1-2H3. The van der Waals surface area contributed by atoms with E-state index in [1.807, 2.05) is 24.0 Å². The van der Waals surface area contributed by atoms with E-state index < -0.39 is 0 Å². The molecule has 3 rings (SSSR count). The van der Waals surface area contributed by atoms with Gasteiger partial charge in [0.2, 0.25) is 5.88 Å². The van der Waals surface area contributed by atoms with E-state index in [-0.39, 0.29) is 12.0 Å². The van der Waals surface area contributed by atoms with Crippen LogP contribution in [0.2, 0.25) is 0 Å². The highest BCUT2D eigenvalue weighted by Crippen LogP contribution is 2.23. The number of benzene rings is 1. The van der Waals surface area contributed by atoms with Crippen LogP contribution >= 0.6 is 0 Å². The minimum absolute atomic E-state index is 0.0281. The lowest BCUT2D eigenvalue weighted by Gasteiger charge is -2.33. The second-order valence-electron chi connectivity index (χ2n) is 5.78. The third kappa shape index (κ3) is 3.64. The summed E-state index contributed by atoms with van der Waals surface area (Å²) in [7, 11) is 1.58. The summed E-state index contributed by atoms with van der Waals surface area (Å²) in [4.78, 5) is 22.9. The van der Waals surface area contributed by atoms with Gasteiger partial charge in [0, 0.05) is 18.8 Å². The minimum atomic E-state index is -0.0632. The molecule has 0 radical (unpaired) electrons. The molecule has 1 atom stereocenters. The van der Waals surface area contributed by atoms with Crippen molar-refractivity contribution in [1.82, 2.24) is 14.9 Å². The van der Waals surface area contributed by atoms with Crippen molar-refractivity contribution >= 4 is 5.91 Å². The van der Waals surface area contributed by atoms with Crippen LogP contribution in [0.1, 0.15) is 29.0 Å². The average Bonchev–Trinajstić information content (AvgIpc) is 2.61. The van der Waals surface area contributed by atoms with Crippen LogP contribution in [0, 0.1) is 6.92 Å². The van der Waals surface area contributed by atoms with Crippen molar-refractivity contribution in [3.8, 4) is 11.6 Å². The molecule has 0 bridgehead atoms. The highest BCUT2D eigenvalue weighted by molar-refractivity contribution is 5.97. The monoisotopic (exact) mass is 327 g/mol. The number of methoxy groups -OCH3 is 1. The smallest absolute Gasteiger partial charge is 0.257 e. The topological polar surface area (TPSA) is 64.5 Å². The third-order valence-electron chi connectivity index (χ3n) is 4.04. The highest BCUT2D eigenvalue weighted by atomic mass is 16.5. The molecule has 2 heterocycles. The van der Waals surface area contributed by atoms with Gasteiger partial charge in [0.05, 0.1) is 19.2 Å². The lowest BCUT2D eigenvalue weighted by molar-refractivity contribution is 0.0524. The quantitative estimate of drug-likeness (QED) is 0.863. The molecule has 1 aliphatic rings. The minimum Gasteiger partial charge on any atom is -0.496 e. The van der Waals surface area contributed by atoms with Gasteiger partial charge in [0.1, 0.15) is 17.7 Å². The van der Waals surface area contributed by atoms with Gasteiger partial charge in [-0.05, 0) is 31.9 Å². The van der Waals surface area contributed by atoms with Crippen molar-refractivity contribution < 1.29 is 14.3 Å². The number of piperidine rings is 1. The van der Waals surface area contributed by atoms with Crippen molar-refractivity contribution in [3.63, 3.8) is 0 Å². The van der Waals surface area contributed by atoms with E-state index in [1.54, 1.807) is 31.5 Å². The molecule has 1 amide bonds. The summed E-state index contributed by atoms with van der Waals surface area (Å²) < 4.78 is 11.2. The number of carbonyl (C=O) groups excluding carboxylic acids is 1. The largest absolute Gasteiger partial charge is 0.496 e. The Bertz CT molecular complexity index is 720. The predicted octanol–water partition coefficient (Wildman–Crippen LogP) is 2.48. The number of ether oxygens (including phenoxy) is 2. The molecule has 1 saturated heterocycles. The number of hydrogen-bond acceptors (Lipinski definition) is 5. The van der Waals surface area contributed by atoms with Crippen molar-refractivity contribution in [1.29, 1.82) is 0 Å². The van der Waals surface area contributed by atoms with Gasteiger partial charge in [-0.15, -0.1) is 0 Å². The third-order valence-corrected chi connectivity index (χ3v) is 4.04. The Hall–Kier alpha value is -2.63. The summed E-state index contributed by atoms with van der Waals surface area (Å²) in [6.07, 6.45) is 3.42. The summed E-state index contributed by atoms with van der Waals surface area (Å²) in [6.45, 7) is 3.09. The molecule has 6 nitrogen and oxygen atoms in total. The molecular formula is C18H21N3O3. The van der Waals surface area contributed by atoms with E-state index in [9.17, 15) is 4.79 Å². The van der Waals surface area contributed by atoms with E-state index in [2.05, 4.69) is 9.97 Å². The first-order valence-corrected chi connectivity index (χ1v) is 8.06. The van der Waals surface area contributed by atoms with E-state index in [0.717, 1.165) is 19.4 Å². The molecule has 0 spiro atoms. The Balaban J connectivity index is 1.70. The summed E-state index contributed by atoms with van der Waals surface area (Å²) in [5, 5.41) is 0. The summed E-state index contributed by atoms with van der Waals surface area (Å²) in [5.74, 6) is 1.79. The van der Waals surface area contributed by atoms with Crippen LogP contribution < -0.4 is 9.47 Å².